The Labute approximate surface area is 88.4 Å². The number of nitrogens with zero attached hydrogens (tertiary/aromatic N) is 1. The number of nitrogens with one attached hydrogen (secondary N) is 1. The fraction of sp³-hybridized carbons (Fsp3) is 0.778. The van der Waals surface area contributed by atoms with Crippen LogP contribution in [0.3, 0.4) is 0 Å². The molecule has 1 saturated carbocycles. The van der Waals surface area contributed by atoms with Crippen LogP contribution in [0.15, 0.2) is 0 Å². The SMILES string of the molecule is NC(=O)N1CCNCC1.O=C(O)C1CC1. The second kappa shape index (κ2) is 5.55. The van der Waals surface area contributed by atoms with Crippen LogP contribution in [0.25, 0.3) is 0 Å². The Balaban J connectivity index is 0.000000162. The lowest BCUT2D eigenvalue weighted by Crippen LogP contribution is -2.48. The lowest BCUT2D eigenvalue weighted by atomic mass is 10.4. The maximum Gasteiger partial charge on any atom is 0.314 e. The monoisotopic (exact) mass is 215 g/mol. The second-order valence-corrected chi connectivity index (χ2v) is 3.69. The van der Waals surface area contributed by atoms with E-state index in [4.69, 9.17) is 10.8 Å². The van der Waals surface area contributed by atoms with Gasteiger partial charge in [-0.15, -0.1) is 0 Å². The molecule has 86 valence electrons. The van der Waals surface area contributed by atoms with Gasteiger partial charge in [-0.2, -0.15) is 0 Å². The first-order valence-electron chi connectivity index (χ1n) is 5.09. The molecule has 2 aliphatic rings. The lowest BCUT2D eigenvalue weighted by molar-refractivity contribution is -0.138. The third-order valence-corrected chi connectivity index (χ3v) is 2.36. The fourth-order valence-corrected chi connectivity index (χ4v) is 1.22. The van der Waals surface area contributed by atoms with Crippen LogP contribution in [-0.4, -0.2) is 48.2 Å². The van der Waals surface area contributed by atoms with Crippen LogP contribution in [0.4, 0.5) is 4.79 Å². The van der Waals surface area contributed by atoms with Crippen molar-refractivity contribution in [1.82, 2.24) is 10.2 Å². The Kier molecular flexibility index (Phi) is 4.36. The minimum atomic E-state index is -0.630. The highest BCUT2D eigenvalue weighted by atomic mass is 16.4. The average Bonchev–Trinajstić information content (AvgIpc) is 3.03. The summed E-state index contributed by atoms with van der Waals surface area (Å²) >= 11 is 0. The van der Waals surface area contributed by atoms with Crippen molar-refractivity contribution in [3.8, 4) is 0 Å². The van der Waals surface area contributed by atoms with Crippen LogP contribution in [0.2, 0.25) is 0 Å². The first-order chi connectivity index (χ1) is 7.11. The number of carbonyl (C=O) groups is 2. The van der Waals surface area contributed by atoms with Gasteiger partial charge < -0.3 is 21.1 Å². The van der Waals surface area contributed by atoms with Crippen molar-refractivity contribution in [1.29, 1.82) is 0 Å². The molecule has 15 heavy (non-hydrogen) atoms. The van der Waals surface area contributed by atoms with Crippen LogP contribution in [-0.2, 0) is 4.79 Å². The van der Waals surface area contributed by atoms with E-state index >= 15 is 0 Å². The number of rotatable bonds is 1. The van der Waals surface area contributed by atoms with E-state index in [1.165, 1.54) is 0 Å². The fourth-order valence-electron chi connectivity index (χ4n) is 1.22. The van der Waals surface area contributed by atoms with Gasteiger partial charge in [0, 0.05) is 26.2 Å². The molecule has 2 amide bonds. The number of carboxylic acids is 1. The number of carboxylic acid groups (broad SMARTS) is 1. The number of hydrogen-bond donors (Lipinski definition) is 3. The molecule has 0 aromatic heterocycles. The first-order valence-corrected chi connectivity index (χ1v) is 5.09. The smallest absolute Gasteiger partial charge is 0.314 e. The predicted octanol–water partition coefficient (Wildman–Crippen LogP) is -0.549. The summed E-state index contributed by atoms with van der Waals surface area (Å²) in [5, 5.41) is 11.2. The van der Waals surface area contributed by atoms with E-state index in [1.54, 1.807) is 4.90 Å². The zero-order chi connectivity index (χ0) is 11.3. The average molecular weight is 215 g/mol. The summed E-state index contributed by atoms with van der Waals surface area (Å²) in [5.74, 6) is -0.611. The van der Waals surface area contributed by atoms with E-state index < -0.39 is 5.97 Å². The van der Waals surface area contributed by atoms with Gasteiger partial charge in [-0.1, -0.05) is 0 Å². The molecular formula is C9H17N3O3. The van der Waals surface area contributed by atoms with Crippen molar-refractivity contribution in [2.24, 2.45) is 11.7 Å². The van der Waals surface area contributed by atoms with Gasteiger partial charge in [-0.3, -0.25) is 4.79 Å². The van der Waals surface area contributed by atoms with Crippen molar-refractivity contribution in [3.05, 3.63) is 0 Å². The third kappa shape index (κ3) is 4.64. The molecule has 0 spiro atoms. The molecule has 0 aromatic rings. The molecule has 4 N–H and O–H groups in total. The number of primary amides is 1. The summed E-state index contributed by atoms with van der Waals surface area (Å²) in [6, 6.07) is -0.309. The molecule has 0 bridgehead atoms. The third-order valence-electron chi connectivity index (χ3n) is 2.36. The van der Waals surface area contributed by atoms with Crippen LogP contribution in [0, 0.1) is 5.92 Å². The molecule has 0 radical (unpaired) electrons. The molecule has 1 aliphatic heterocycles. The van der Waals surface area contributed by atoms with Crippen LogP contribution in [0.5, 0.6) is 0 Å². The number of amides is 2. The van der Waals surface area contributed by atoms with Gasteiger partial charge in [0.05, 0.1) is 5.92 Å². The normalized spacial score (nSPS) is 20.1. The summed E-state index contributed by atoms with van der Waals surface area (Å²) in [7, 11) is 0. The summed E-state index contributed by atoms with van der Waals surface area (Å²) in [4.78, 5) is 21.9. The zero-order valence-corrected chi connectivity index (χ0v) is 8.61. The Morgan fingerprint density at radius 2 is 1.80 bits per heavy atom. The van der Waals surface area contributed by atoms with Crippen molar-refractivity contribution in [2.45, 2.75) is 12.8 Å². The number of hydrogen-bond acceptors (Lipinski definition) is 3. The summed E-state index contributed by atoms with van der Waals surface area (Å²) in [6.45, 7) is 3.22. The lowest BCUT2D eigenvalue weighted by Gasteiger charge is -2.25. The standard InChI is InChI=1S/C5H11N3O.C4H6O2/c6-5(9)8-3-1-7-2-4-8;5-4(6)3-1-2-3/h7H,1-4H2,(H2,6,9);3H,1-2H2,(H,5,6). The highest BCUT2D eigenvalue weighted by molar-refractivity contribution is 5.72. The van der Waals surface area contributed by atoms with E-state index in [0.717, 1.165) is 39.0 Å². The highest BCUT2D eigenvalue weighted by Crippen LogP contribution is 2.28. The van der Waals surface area contributed by atoms with Crippen molar-refractivity contribution >= 4 is 12.0 Å². The maximum absolute atomic E-state index is 10.5. The summed E-state index contributed by atoms with van der Waals surface area (Å²) in [5.41, 5.74) is 5.03. The molecule has 0 atom stereocenters. The first kappa shape index (κ1) is 11.8. The van der Waals surface area contributed by atoms with E-state index in [1.807, 2.05) is 0 Å². The minimum Gasteiger partial charge on any atom is -0.481 e. The molecule has 1 aliphatic carbocycles. The predicted molar refractivity (Wildman–Crippen MR) is 54.4 cm³/mol. The van der Waals surface area contributed by atoms with Crippen LogP contribution >= 0.6 is 0 Å². The van der Waals surface area contributed by atoms with Gasteiger partial charge in [0.1, 0.15) is 0 Å². The summed E-state index contributed by atoms with van der Waals surface area (Å²) < 4.78 is 0. The minimum absolute atomic E-state index is 0.0185. The number of aliphatic carboxylic acids is 1. The van der Waals surface area contributed by atoms with Gasteiger partial charge in [-0.05, 0) is 12.8 Å². The highest BCUT2D eigenvalue weighted by Gasteiger charge is 2.28. The van der Waals surface area contributed by atoms with Crippen molar-refractivity contribution in [3.63, 3.8) is 0 Å². The Bertz CT molecular complexity index is 235. The molecule has 1 saturated heterocycles. The van der Waals surface area contributed by atoms with E-state index in [0.29, 0.717) is 0 Å². The topological polar surface area (TPSA) is 95.7 Å². The van der Waals surface area contributed by atoms with Gasteiger partial charge in [0.25, 0.3) is 0 Å². The molecule has 1 heterocycles. The van der Waals surface area contributed by atoms with Crippen LogP contribution in [0.1, 0.15) is 12.8 Å². The quantitative estimate of drug-likeness (QED) is 0.547. The Hall–Kier alpha value is -1.30. The zero-order valence-electron chi connectivity index (χ0n) is 8.61. The largest absolute Gasteiger partial charge is 0.481 e. The van der Waals surface area contributed by atoms with E-state index in [-0.39, 0.29) is 11.9 Å². The summed E-state index contributed by atoms with van der Waals surface area (Å²) in [6.07, 6.45) is 1.80. The molecule has 6 heteroatoms. The molecule has 2 rings (SSSR count). The number of urea groups is 1. The van der Waals surface area contributed by atoms with Gasteiger partial charge in [0.2, 0.25) is 0 Å². The second-order valence-electron chi connectivity index (χ2n) is 3.69. The molecule has 0 aromatic carbocycles. The molecule has 6 nitrogen and oxygen atoms in total. The van der Waals surface area contributed by atoms with E-state index in [2.05, 4.69) is 5.32 Å². The molecular weight excluding hydrogens is 198 g/mol. The van der Waals surface area contributed by atoms with Crippen LogP contribution < -0.4 is 11.1 Å². The van der Waals surface area contributed by atoms with Gasteiger partial charge in [-0.25, -0.2) is 4.79 Å². The van der Waals surface area contributed by atoms with Crippen molar-refractivity contribution < 1.29 is 14.7 Å². The number of carbonyl (C=O) groups excluding carboxylic acids is 1. The van der Waals surface area contributed by atoms with Gasteiger partial charge in [0.15, 0.2) is 0 Å². The maximum atomic E-state index is 10.5. The van der Waals surface area contributed by atoms with Gasteiger partial charge >= 0.3 is 12.0 Å². The number of piperazine rings is 1. The molecule has 2 fully saturated rings. The Morgan fingerprint density at radius 1 is 1.27 bits per heavy atom. The number of nitrogens with two attached hydrogens (primary N) is 1. The Morgan fingerprint density at radius 3 is 2.00 bits per heavy atom. The molecule has 0 unspecified atom stereocenters. The van der Waals surface area contributed by atoms with Crippen molar-refractivity contribution in [2.75, 3.05) is 26.2 Å². The van der Waals surface area contributed by atoms with E-state index in [9.17, 15) is 9.59 Å².